The number of ether oxygens (including phenoxy) is 1. The van der Waals surface area contributed by atoms with E-state index >= 15 is 0 Å². The second-order valence-corrected chi connectivity index (χ2v) is 17.4. The predicted molar refractivity (Wildman–Crippen MR) is 276 cm³/mol. The Labute approximate surface area is 382 Å². The largest absolute Gasteiger partial charge is 0.456 e. The summed E-state index contributed by atoms with van der Waals surface area (Å²) in [4.78, 5) is 4.72. The SMILES string of the molecule is Cc1ccc2c(N(c3ccccc3)c3ccccc3)cc3c4cc(C)cc5c4c(cc3c2c1)-c1ccc(N(c2ccccc2-c2ccccc2)c2cccc3c2oc2ccccc23)cc1O5. The topological polar surface area (TPSA) is 28.9 Å². The van der Waals surface area contributed by atoms with Gasteiger partial charge in [0.25, 0.3) is 0 Å². The summed E-state index contributed by atoms with van der Waals surface area (Å²) in [6, 6.07) is 78.3. The molecule has 0 saturated carbocycles. The second-order valence-electron chi connectivity index (χ2n) is 17.4. The molecular weight excluding hydrogens is 805 g/mol. The molecule has 11 aromatic carbocycles. The molecular formula is C62H42N2O2. The molecule has 1 aliphatic heterocycles. The summed E-state index contributed by atoms with van der Waals surface area (Å²) in [6.07, 6.45) is 0. The van der Waals surface area contributed by atoms with Crippen LogP contribution in [0.4, 0.5) is 34.1 Å². The number of para-hydroxylation sites is 5. The van der Waals surface area contributed by atoms with Gasteiger partial charge in [-0.1, -0.05) is 145 Å². The molecule has 2 heterocycles. The summed E-state index contributed by atoms with van der Waals surface area (Å²) >= 11 is 0. The third-order valence-corrected chi connectivity index (χ3v) is 13.3. The van der Waals surface area contributed by atoms with Gasteiger partial charge in [0, 0.05) is 50.1 Å². The first-order chi connectivity index (χ1) is 32.6. The lowest BCUT2D eigenvalue weighted by molar-refractivity contribution is 0.487. The zero-order chi connectivity index (χ0) is 43.9. The summed E-state index contributed by atoms with van der Waals surface area (Å²) < 4.78 is 13.9. The minimum absolute atomic E-state index is 0.807. The Balaban J connectivity index is 1.05. The maximum atomic E-state index is 7.15. The molecule has 1 aliphatic rings. The molecule has 0 bridgehead atoms. The van der Waals surface area contributed by atoms with Gasteiger partial charge in [-0.15, -0.1) is 0 Å². The van der Waals surface area contributed by atoms with Crippen molar-refractivity contribution in [1.82, 2.24) is 0 Å². The average molecular weight is 847 g/mol. The number of hydrogen-bond donors (Lipinski definition) is 0. The van der Waals surface area contributed by atoms with Crippen molar-refractivity contribution in [3.63, 3.8) is 0 Å². The van der Waals surface area contributed by atoms with E-state index in [9.17, 15) is 0 Å². The third kappa shape index (κ3) is 5.99. The summed E-state index contributed by atoms with van der Waals surface area (Å²) in [6.45, 7) is 4.36. The quantitative estimate of drug-likeness (QED) is 0.149. The number of anilines is 6. The van der Waals surface area contributed by atoms with Crippen LogP contribution >= 0.6 is 0 Å². The van der Waals surface area contributed by atoms with E-state index in [1.807, 2.05) is 12.1 Å². The first kappa shape index (κ1) is 37.9. The summed E-state index contributed by atoms with van der Waals surface area (Å²) in [5.74, 6) is 1.66. The van der Waals surface area contributed by atoms with E-state index in [2.05, 4.69) is 230 Å². The second kappa shape index (κ2) is 15.0. The lowest BCUT2D eigenvalue weighted by Crippen LogP contribution is -2.12. The Morgan fingerprint density at radius 1 is 0.333 bits per heavy atom. The van der Waals surface area contributed by atoms with Crippen molar-refractivity contribution >= 4 is 88.4 Å². The lowest BCUT2D eigenvalue weighted by atomic mass is 9.87. The predicted octanol–water partition coefficient (Wildman–Crippen LogP) is 18.0. The molecule has 1 aromatic heterocycles. The van der Waals surface area contributed by atoms with Gasteiger partial charge in [0.1, 0.15) is 17.1 Å². The fourth-order valence-corrected chi connectivity index (χ4v) is 10.4. The third-order valence-electron chi connectivity index (χ3n) is 13.3. The Hall–Kier alpha value is -8.60. The van der Waals surface area contributed by atoms with Crippen molar-refractivity contribution < 1.29 is 9.15 Å². The highest BCUT2D eigenvalue weighted by Crippen LogP contribution is 2.54. The maximum Gasteiger partial charge on any atom is 0.159 e. The van der Waals surface area contributed by atoms with Crippen molar-refractivity contribution in [3.05, 3.63) is 230 Å². The van der Waals surface area contributed by atoms with Gasteiger partial charge in [-0.2, -0.15) is 0 Å². The number of rotatable bonds is 7. The minimum atomic E-state index is 0.807. The first-order valence-corrected chi connectivity index (χ1v) is 22.6. The van der Waals surface area contributed by atoms with E-state index in [-0.39, 0.29) is 0 Å². The molecule has 0 radical (unpaired) electrons. The minimum Gasteiger partial charge on any atom is -0.456 e. The monoisotopic (exact) mass is 846 g/mol. The number of aryl methyl sites for hydroxylation is 2. The fraction of sp³-hybridized carbons (Fsp3) is 0.0323. The number of benzene rings is 11. The molecule has 66 heavy (non-hydrogen) atoms. The van der Waals surface area contributed by atoms with Gasteiger partial charge < -0.3 is 19.0 Å². The Morgan fingerprint density at radius 3 is 1.79 bits per heavy atom. The smallest absolute Gasteiger partial charge is 0.159 e. The highest BCUT2D eigenvalue weighted by molar-refractivity contribution is 6.26. The van der Waals surface area contributed by atoms with E-state index in [4.69, 9.17) is 9.15 Å². The highest BCUT2D eigenvalue weighted by atomic mass is 16.5. The first-order valence-electron chi connectivity index (χ1n) is 22.6. The molecule has 13 rings (SSSR count). The Morgan fingerprint density at radius 2 is 0.985 bits per heavy atom. The van der Waals surface area contributed by atoms with Crippen LogP contribution in [0.15, 0.2) is 223 Å². The van der Waals surface area contributed by atoms with E-state index < -0.39 is 0 Å². The van der Waals surface area contributed by atoms with E-state index in [0.29, 0.717) is 0 Å². The fourth-order valence-electron chi connectivity index (χ4n) is 10.4. The van der Waals surface area contributed by atoms with Gasteiger partial charge in [0.2, 0.25) is 0 Å². The normalized spacial score (nSPS) is 11.9. The molecule has 4 nitrogen and oxygen atoms in total. The van der Waals surface area contributed by atoms with Gasteiger partial charge in [-0.3, -0.25) is 0 Å². The van der Waals surface area contributed by atoms with Gasteiger partial charge in [-0.25, -0.2) is 0 Å². The Kier molecular flexibility index (Phi) is 8.62. The van der Waals surface area contributed by atoms with Crippen LogP contribution in [-0.4, -0.2) is 0 Å². The number of hydrogen-bond acceptors (Lipinski definition) is 4. The number of nitrogens with zero attached hydrogens (tertiary/aromatic N) is 2. The summed E-state index contributed by atoms with van der Waals surface area (Å²) in [5, 5.41) is 9.27. The molecule has 0 atom stereocenters. The van der Waals surface area contributed by atoms with Crippen molar-refractivity contribution in [2.45, 2.75) is 13.8 Å². The van der Waals surface area contributed by atoms with Crippen molar-refractivity contribution in [2.75, 3.05) is 9.80 Å². The van der Waals surface area contributed by atoms with Gasteiger partial charge >= 0.3 is 0 Å². The lowest BCUT2D eigenvalue weighted by Gasteiger charge is -2.30. The van der Waals surface area contributed by atoms with Crippen LogP contribution in [0.5, 0.6) is 11.5 Å². The molecule has 0 saturated heterocycles. The summed E-state index contributed by atoms with van der Waals surface area (Å²) in [7, 11) is 0. The molecule has 12 aromatic rings. The molecule has 312 valence electrons. The molecule has 0 N–H and O–H groups in total. The zero-order valence-electron chi connectivity index (χ0n) is 36.5. The van der Waals surface area contributed by atoms with Gasteiger partial charge in [0.15, 0.2) is 5.58 Å². The maximum absolute atomic E-state index is 7.15. The van der Waals surface area contributed by atoms with Gasteiger partial charge in [-0.05, 0) is 125 Å². The molecule has 4 heteroatoms. The van der Waals surface area contributed by atoms with Crippen LogP contribution in [0.1, 0.15) is 11.1 Å². The Bertz CT molecular complexity index is 3840. The van der Waals surface area contributed by atoms with E-state index in [1.54, 1.807) is 0 Å². The average Bonchev–Trinajstić information content (AvgIpc) is 3.75. The molecule has 0 aliphatic carbocycles. The van der Waals surface area contributed by atoms with E-state index in [1.165, 1.54) is 32.5 Å². The molecule has 0 spiro atoms. The summed E-state index contributed by atoms with van der Waals surface area (Å²) in [5.41, 5.74) is 14.8. The molecule has 0 unspecified atom stereocenters. The van der Waals surface area contributed by atoms with Crippen molar-refractivity contribution in [3.8, 4) is 33.8 Å². The molecule has 0 amide bonds. The van der Waals surface area contributed by atoms with Crippen LogP contribution in [0.2, 0.25) is 0 Å². The van der Waals surface area contributed by atoms with Gasteiger partial charge in [0.05, 0.1) is 22.7 Å². The van der Waals surface area contributed by atoms with Crippen molar-refractivity contribution in [2.24, 2.45) is 0 Å². The van der Waals surface area contributed by atoms with Crippen LogP contribution in [0.3, 0.4) is 0 Å². The van der Waals surface area contributed by atoms with Crippen LogP contribution in [0.25, 0.3) is 76.5 Å². The zero-order valence-corrected chi connectivity index (χ0v) is 36.5. The number of fused-ring (bicyclic) bond motifs is 9. The number of furan rings is 1. The van der Waals surface area contributed by atoms with Crippen LogP contribution < -0.4 is 14.5 Å². The van der Waals surface area contributed by atoms with E-state index in [0.717, 1.165) is 101 Å². The van der Waals surface area contributed by atoms with Crippen LogP contribution in [0, 0.1) is 13.8 Å². The highest BCUT2D eigenvalue weighted by Gasteiger charge is 2.28. The molecule has 0 fully saturated rings. The standard InChI is InChI=1S/C62H42N2O2/c1-39-29-31-46-50(33-39)51-37-54-48-32-30-44(64(55-26-14-12-23-45(55)41-17-6-3-7-18-41)56-27-16-25-49-47-24-13-15-28-58(47)66-62(49)56)36-59(48)65-60-35-40(2)34-53(61(54)60)52(51)38-57(46)63(42-19-8-4-9-20-42)43-21-10-5-11-22-43/h3-38H,1-2H3. The van der Waals surface area contributed by atoms with Crippen LogP contribution in [-0.2, 0) is 0 Å². The van der Waals surface area contributed by atoms with Crippen molar-refractivity contribution in [1.29, 1.82) is 0 Å².